The number of hydrogen-bond donors (Lipinski definition) is 1. The number of nitrogens with one attached hydrogen (secondary N) is 1. The van der Waals surface area contributed by atoms with Gasteiger partial charge in [-0.15, -0.1) is 0 Å². The molecule has 21 heavy (non-hydrogen) atoms. The number of fused-ring (bicyclic) bond motifs is 1. The number of benzene rings is 2. The van der Waals surface area contributed by atoms with Gasteiger partial charge in [0.05, 0.1) is 0 Å². The molecule has 0 bridgehead atoms. The van der Waals surface area contributed by atoms with Crippen LogP contribution in [-0.4, -0.2) is 10.9 Å². The van der Waals surface area contributed by atoms with Crippen molar-refractivity contribution in [3.8, 4) is 0 Å². The second-order valence-electron chi connectivity index (χ2n) is 4.82. The van der Waals surface area contributed by atoms with Crippen LogP contribution < -0.4 is 5.32 Å². The van der Waals surface area contributed by atoms with E-state index in [2.05, 4.69) is 10.3 Å². The molecule has 1 aromatic heterocycles. The Labute approximate surface area is 121 Å². The summed E-state index contributed by atoms with van der Waals surface area (Å²) in [5, 5.41) is 3.74. The molecule has 0 aliphatic carbocycles. The number of pyridine rings is 1. The summed E-state index contributed by atoms with van der Waals surface area (Å²) in [6, 6.07) is 13.3. The SMILES string of the molecule is Cc1ccc(NC(=O)c2ccc(F)c3ccccc23)nc1. The molecule has 0 saturated carbocycles. The normalized spacial score (nSPS) is 10.6. The van der Waals surface area contributed by atoms with E-state index in [0.717, 1.165) is 5.56 Å². The van der Waals surface area contributed by atoms with Crippen LogP contribution in [0.15, 0.2) is 54.7 Å². The highest BCUT2D eigenvalue weighted by Crippen LogP contribution is 2.22. The summed E-state index contributed by atoms with van der Waals surface area (Å²) in [5.74, 6) is -0.169. The van der Waals surface area contributed by atoms with Gasteiger partial charge in [0.25, 0.3) is 5.91 Å². The van der Waals surface area contributed by atoms with Crippen LogP contribution in [0.25, 0.3) is 10.8 Å². The van der Waals surface area contributed by atoms with Crippen molar-refractivity contribution < 1.29 is 9.18 Å². The molecular formula is C17H13FN2O. The van der Waals surface area contributed by atoms with Crippen molar-refractivity contribution in [3.05, 3.63) is 71.7 Å². The third-order valence-electron chi connectivity index (χ3n) is 3.27. The molecule has 1 N–H and O–H groups in total. The van der Waals surface area contributed by atoms with Gasteiger partial charge in [-0.1, -0.05) is 30.3 Å². The summed E-state index contributed by atoms with van der Waals surface area (Å²) >= 11 is 0. The maximum atomic E-state index is 13.8. The van der Waals surface area contributed by atoms with Crippen molar-refractivity contribution in [2.45, 2.75) is 6.92 Å². The number of carbonyl (C=O) groups excluding carboxylic acids is 1. The molecule has 0 atom stereocenters. The lowest BCUT2D eigenvalue weighted by atomic mass is 10.0. The number of aryl methyl sites for hydroxylation is 1. The van der Waals surface area contributed by atoms with Gasteiger partial charge in [0, 0.05) is 17.1 Å². The first-order valence-corrected chi connectivity index (χ1v) is 6.56. The molecule has 3 rings (SSSR count). The Morgan fingerprint density at radius 3 is 2.52 bits per heavy atom. The summed E-state index contributed by atoms with van der Waals surface area (Å²) < 4.78 is 13.8. The summed E-state index contributed by atoms with van der Waals surface area (Å²) in [6.45, 7) is 1.92. The van der Waals surface area contributed by atoms with Gasteiger partial charge in [-0.25, -0.2) is 9.37 Å². The van der Waals surface area contributed by atoms with E-state index in [9.17, 15) is 9.18 Å². The Morgan fingerprint density at radius 1 is 1.05 bits per heavy atom. The topological polar surface area (TPSA) is 42.0 Å². The Balaban J connectivity index is 1.98. The highest BCUT2D eigenvalue weighted by molar-refractivity contribution is 6.12. The van der Waals surface area contributed by atoms with Crippen LogP contribution in [0.5, 0.6) is 0 Å². The first-order chi connectivity index (χ1) is 10.1. The van der Waals surface area contributed by atoms with E-state index >= 15 is 0 Å². The quantitative estimate of drug-likeness (QED) is 0.772. The molecule has 1 amide bonds. The second-order valence-corrected chi connectivity index (χ2v) is 4.82. The molecule has 1 heterocycles. The van der Waals surface area contributed by atoms with E-state index in [4.69, 9.17) is 0 Å². The number of aromatic nitrogens is 1. The predicted molar refractivity (Wildman–Crippen MR) is 80.8 cm³/mol. The van der Waals surface area contributed by atoms with Crippen molar-refractivity contribution in [3.63, 3.8) is 0 Å². The molecule has 3 nitrogen and oxygen atoms in total. The van der Waals surface area contributed by atoms with E-state index in [-0.39, 0.29) is 11.7 Å². The fourth-order valence-electron chi connectivity index (χ4n) is 2.19. The van der Waals surface area contributed by atoms with E-state index in [1.807, 2.05) is 13.0 Å². The summed E-state index contributed by atoms with van der Waals surface area (Å²) in [4.78, 5) is 16.5. The van der Waals surface area contributed by atoms with Crippen LogP contribution in [0.3, 0.4) is 0 Å². The van der Waals surface area contributed by atoms with Crippen LogP contribution in [0.4, 0.5) is 10.2 Å². The zero-order valence-electron chi connectivity index (χ0n) is 11.4. The molecule has 0 fully saturated rings. The van der Waals surface area contributed by atoms with Gasteiger partial charge >= 0.3 is 0 Å². The van der Waals surface area contributed by atoms with Gasteiger partial charge in [0.15, 0.2) is 0 Å². The van der Waals surface area contributed by atoms with E-state index in [0.29, 0.717) is 22.2 Å². The maximum absolute atomic E-state index is 13.8. The van der Waals surface area contributed by atoms with Gasteiger partial charge in [-0.3, -0.25) is 4.79 Å². The third kappa shape index (κ3) is 2.60. The highest BCUT2D eigenvalue weighted by atomic mass is 19.1. The zero-order valence-corrected chi connectivity index (χ0v) is 11.4. The maximum Gasteiger partial charge on any atom is 0.257 e. The molecule has 3 aromatic rings. The standard InChI is InChI=1S/C17H13FN2O/c1-11-6-9-16(19-10-11)20-17(21)14-7-8-15(18)13-5-3-2-4-12(13)14/h2-10H,1H3,(H,19,20,21). The van der Waals surface area contributed by atoms with E-state index < -0.39 is 0 Å². The molecule has 0 radical (unpaired) electrons. The Morgan fingerprint density at radius 2 is 1.81 bits per heavy atom. The second kappa shape index (κ2) is 5.32. The van der Waals surface area contributed by atoms with Gasteiger partial charge in [-0.2, -0.15) is 0 Å². The fourth-order valence-corrected chi connectivity index (χ4v) is 2.19. The number of rotatable bonds is 2. The molecular weight excluding hydrogens is 267 g/mol. The first-order valence-electron chi connectivity index (χ1n) is 6.56. The van der Waals surface area contributed by atoms with E-state index in [1.165, 1.54) is 12.1 Å². The van der Waals surface area contributed by atoms with Crippen LogP contribution in [0, 0.1) is 12.7 Å². The van der Waals surface area contributed by atoms with Crippen molar-refractivity contribution in [2.24, 2.45) is 0 Å². The molecule has 2 aromatic carbocycles. The molecule has 4 heteroatoms. The smallest absolute Gasteiger partial charge is 0.257 e. The van der Waals surface area contributed by atoms with Crippen LogP contribution in [0.1, 0.15) is 15.9 Å². The van der Waals surface area contributed by atoms with E-state index in [1.54, 1.807) is 36.5 Å². The van der Waals surface area contributed by atoms with Gasteiger partial charge in [-0.05, 0) is 36.1 Å². The molecule has 0 saturated heterocycles. The first kappa shape index (κ1) is 13.2. The lowest BCUT2D eigenvalue weighted by molar-refractivity contribution is 0.102. The van der Waals surface area contributed by atoms with Gasteiger partial charge in [0.1, 0.15) is 11.6 Å². The lowest BCUT2D eigenvalue weighted by Gasteiger charge is -2.08. The highest BCUT2D eigenvalue weighted by Gasteiger charge is 2.12. The number of amides is 1. The van der Waals surface area contributed by atoms with Crippen molar-refractivity contribution in [1.29, 1.82) is 0 Å². The Bertz CT molecular complexity index is 813. The minimum atomic E-state index is -0.337. The average molecular weight is 280 g/mol. The van der Waals surface area contributed by atoms with Crippen molar-refractivity contribution in [2.75, 3.05) is 5.32 Å². The number of hydrogen-bond acceptors (Lipinski definition) is 2. The number of anilines is 1. The zero-order chi connectivity index (χ0) is 14.8. The number of nitrogens with zero attached hydrogens (tertiary/aromatic N) is 1. The summed E-state index contributed by atoms with van der Waals surface area (Å²) in [7, 11) is 0. The molecule has 104 valence electrons. The van der Waals surface area contributed by atoms with Crippen molar-refractivity contribution in [1.82, 2.24) is 4.98 Å². The van der Waals surface area contributed by atoms with Crippen LogP contribution >= 0.6 is 0 Å². The Kier molecular flexibility index (Phi) is 3.36. The largest absolute Gasteiger partial charge is 0.307 e. The minimum absolute atomic E-state index is 0.303. The molecule has 0 spiro atoms. The van der Waals surface area contributed by atoms with Gasteiger partial charge in [0.2, 0.25) is 0 Å². The van der Waals surface area contributed by atoms with Crippen LogP contribution in [-0.2, 0) is 0 Å². The minimum Gasteiger partial charge on any atom is -0.307 e. The lowest BCUT2D eigenvalue weighted by Crippen LogP contribution is -2.13. The van der Waals surface area contributed by atoms with Gasteiger partial charge < -0.3 is 5.32 Å². The monoisotopic (exact) mass is 280 g/mol. The van der Waals surface area contributed by atoms with Crippen LogP contribution in [0.2, 0.25) is 0 Å². The third-order valence-corrected chi connectivity index (χ3v) is 3.27. The fraction of sp³-hybridized carbons (Fsp3) is 0.0588. The summed E-state index contributed by atoms with van der Waals surface area (Å²) in [6.07, 6.45) is 1.68. The predicted octanol–water partition coefficient (Wildman–Crippen LogP) is 3.93. The summed E-state index contributed by atoms with van der Waals surface area (Å²) in [5.41, 5.74) is 1.44. The molecule has 0 unspecified atom stereocenters. The average Bonchev–Trinajstić information content (AvgIpc) is 2.50. The molecule has 0 aliphatic heterocycles. The Hall–Kier alpha value is -2.75. The molecule has 0 aliphatic rings. The number of halogens is 1. The number of carbonyl (C=O) groups is 1. The van der Waals surface area contributed by atoms with Crippen molar-refractivity contribution >= 4 is 22.5 Å².